The van der Waals surface area contributed by atoms with E-state index in [1.165, 1.54) is 0 Å². The number of carbonyl (C=O) groups is 1. The highest BCUT2D eigenvalue weighted by atomic mass is 35.5. The highest BCUT2D eigenvalue weighted by Gasteiger charge is 2.46. The van der Waals surface area contributed by atoms with Crippen LogP contribution in [-0.4, -0.2) is 17.7 Å². The first-order valence-electron chi connectivity index (χ1n) is 4.77. The molecule has 0 spiro atoms. The number of halogens is 1. The first-order chi connectivity index (χ1) is 7.12. The number of ether oxygens (including phenoxy) is 1. The molecule has 1 aromatic carbocycles. The molecule has 1 aliphatic heterocycles. The van der Waals surface area contributed by atoms with Crippen LogP contribution < -0.4 is 4.74 Å². The van der Waals surface area contributed by atoms with Crippen molar-refractivity contribution in [2.75, 3.05) is 6.61 Å². The van der Waals surface area contributed by atoms with E-state index in [9.17, 15) is 9.90 Å². The Morgan fingerprint density at radius 3 is 3.00 bits per heavy atom. The quantitative estimate of drug-likeness (QED) is 0.843. The minimum atomic E-state index is -0.930. The van der Waals surface area contributed by atoms with Gasteiger partial charge < -0.3 is 9.84 Å². The summed E-state index contributed by atoms with van der Waals surface area (Å²) in [5, 5.41) is 9.75. The van der Waals surface area contributed by atoms with E-state index >= 15 is 0 Å². The monoisotopic (exact) mass is 226 g/mol. The van der Waals surface area contributed by atoms with Crippen molar-refractivity contribution in [2.24, 2.45) is 0 Å². The number of hydrogen-bond donors (Lipinski definition) is 1. The summed E-state index contributed by atoms with van der Waals surface area (Å²) in [7, 11) is 0. The molecular weight excluding hydrogens is 216 g/mol. The highest BCUT2D eigenvalue weighted by molar-refractivity contribution is 6.32. The molecule has 0 amide bonds. The van der Waals surface area contributed by atoms with Crippen LogP contribution in [0, 0.1) is 0 Å². The molecule has 1 aliphatic rings. The number of hydrogen-bond acceptors (Lipinski definition) is 2. The summed E-state index contributed by atoms with van der Waals surface area (Å²) < 4.78 is 5.38. The molecule has 1 atom stereocenters. The summed E-state index contributed by atoms with van der Waals surface area (Å²) in [5.41, 5.74) is -0.245. The summed E-state index contributed by atoms with van der Waals surface area (Å²) in [6, 6.07) is 5.23. The number of carboxylic acid groups (broad SMARTS) is 1. The van der Waals surface area contributed by atoms with Crippen molar-refractivity contribution in [3.63, 3.8) is 0 Å². The van der Waals surface area contributed by atoms with Gasteiger partial charge in [-0.15, -0.1) is 0 Å². The van der Waals surface area contributed by atoms with Crippen molar-refractivity contribution in [3.8, 4) is 5.75 Å². The van der Waals surface area contributed by atoms with Gasteiger partial charge in [-0.2, -0.15) is 0 Å². The molecule has 0 aromatic heterocycles. The van der Waals surface area contributed by atoms with Gasteiger partial charge in [0.1, 0.15) is 17.8 Å². The molecule has 1 aromatic rings. The zero-order chi connectivity index (χ0) is 11.1. The third-order valence-corrected chi connectivity index (χ3v) is 3.26. The standard InChI is InChI=1S/C11H11ClO3/c1-2-11(10(13)14)6-15-9-7(11)4-3-5-8(9)12/h3-5H,2,6H2,1H3,(H,13,14). The Bertz CT molecular complexity index is 416. The average molecular weight is 227 g/mol. The number of benzene rings is 1. The fourth-order valence-electron chi connectivity index (χ4n) is 1.93. The second-order valence-corrected chi connectivity index (χ2v) is 4.05. The lowest BCUT2D eigenvalue weighted by molar-refractivity contribution is -0.144. The van der Waals surface area contributed by atoms with Gasteiger partial charge in [-0.3, -0.25) is 4.79 Å². The first kappa shape index (κ1) is 10.3. The van der Waals surface area contributed by atoms with Gasteiger partial charge in [0.2, 0.25) is 0 Å². The van der Waals surface area contributed by atoms with Crippen LogP contribution in [0.4, 0.5) is 0 Å². The minimum absolute atomic E-state index is 0.165. The van der Waals surface area contributed by atoms with Crippen molar-refractivity contribution in [3.05, 3.63) is 28.8 Å². The van der Waals surface area contributed by atoms with Crippen LogP contribution in [0.2, 0.25) is 5.02 Å². The second kappa shape index (κ2) is 3.42. The number of aliphatic carboxylic acids is 1. The molecule has 1 N–H and O–H groups in total. The number of fused-ring (bicyclic) bond motifs is 1. The minimum Gasteiger partial charge on any atom is -0.490 e. The summed E-state index contributed by atoms with van der Waals surface area (Å²) in [6.45, 7) is 2.01. The molecule has 80 valence electrons. The second-order valence-electron chi connectivity index (χ2n) is 3.65. The van der Waals surface area contributed by atoms with Gasteiger partial charge in [0.15, 0.2) is 0 Å². The van der Waals surface area contributed by atoms with Crippen molar-refractivity contribution < 1.29 is 14.6 Å². The van der Waals surface area contributed by atoms with Crippen molar-refractivity contribution in [1.29, 1.82) is 0 Å². The molecule has 4 heteroatoms. The topological polar surface area (TPSA) is 46.5 Å². The molecule has 3 nitrogen and oxygen atoms in total. The third-order valence-electron chi connectivity index (χ3n) is 2.96. The molecule has 2 rings (SSSR count). The van der Waals surface area contributed by atoms with Crippen LogP contribution in [0.15, 0.2) is 18.2 Å². The predicted octanol–water partition coefficient (Wildman–Crippen LogP) is 2.46. The maximum atomic E-state index is 11.3. The number of para-hydroxylation sites is 1. The van der Waals surface area contributed by atoms with Crippen molar-refractivity contribution in [1.82, 2.24) is 0 Å². The highest BCUT2D eigenvalue weighted by Crippen LogP contribution is 2.44. The van der Waals surface area contributed by atoms with Gasteiger partial charge in [-0.25, -0.2) is 0 Å². The zero-order valence-electron chi connectivity index (χ0n) is 8.29. The summed E-state index contributed by atoms with van der Waals surface area (Å²) in [4.78, 5) is 11.3. The SMILES string of the molecule is CCC1(C(=O)O)COc2c(Cl)cccc21. The molecule has 0 radical (unpaired) electrons. The van der Waals surface area contributed by atoms with Crippen LogP contribution in [0.3, 0.4) is 0 Å². The van der Waals surface area contributed by atoms with E-state index < -0.39 is 11.4 Å². The Kier molecular flexibility index (Phi) is 2.35. The number of rotatable bonds is 2. The van der Waals surface area contributed by atoms with Crippen LogP contribution >= 0.6 is 11.6 Å². The van der Waals surface area contributed by atoms with Gasteiger partial charge in [-0.1, -0.05) is 30.7 Å². The van der Waals surface area contributed by atoms with Gasteiger partial charge in [0.05, 0.1) is 5.02 Å². The largest absolute Gasteiger partial charge is 0.490 e. The van der Waals surface area contributed by atoms with E-state index in [0.717, 1.165) is 0 Å². The number of carboxylic acids is 1. The van der Waals surface area contributed by atoms with Gasteiger partial charge in [0.25, 0.3) is 0 Å². The van der Waals surface area contributed by atoms with E-state index in [1.807, 2.05) is 6.92 Å². The Morgan fingerprint density at radius 2 is 2.40 bits per heavy atom. The molecule has 0 aliphatic carbocycles. The van der Waals surface area contributed by atoms with E-state index in [4.69, 9.17) is 16.3 Å². The molecular formula is C11H11ClO3. The van der Waals surface area contributed by atoms with E-state index in [-0.39, 0.29) is 6.61 Å². The van der Waals surface area contributed by atoms with Crippen LogP contribution in [0.1, 0.15) is 18.9 Å². The summed E-state index contributed by atoms with van der Waals surface area (Å²) in [6.07, 6.45) is 0.496. The lowest BCUT2D eigenvalue weighted by atomic mass is 9.80. The fourth-order valence-corrected chi connectivity index (χ4v) is 2.16. The van der Waals surface area contributed by atoms with Crippen molar-refractivity contribution >= 4 is 17.6 Å². The smallest absolute Gasteiger partial charge is 0.317 e. The average Bonchev–Trinajstić information content (AvgIpc) is 2.59. The maximum Gasteiger partial charge on any atom is 0.317 e. The third kappa shape index (κ3) is 1.30. The molecule has 15 heavy (non-hydrogen) atoms. The molecule has 0 saturated heterocycles. The Balaban J connectivity index is 2.61. The summed E-state index contributed by atoms with van der Waals surface area (Å²) in [5.74, 6) is -0.338. The Labute approximate surface area is 92.6 Å². The van der Waals surface area contributed by atoms with E-state index in [1.54, 1.807) is 18.2 Å². The fraction of sp³-hybridized carbons (Fsp3) is 0.364. The van der Waals surface area contributed by atoms with Gasteiger partial charge in [0, 0.05) is 5.56 Å². The maximum absolute atomic E-state index is 11.3. The lowest BCUT2D eigenvalue weighted by Crippen LogP contribution is -2.36. The molecule has 1 unspecified atom stereocenters. The predicted molar refractivity (Wildman–Crippen MR) is 56.6 cm³/mol. The Morgan fingerprint density at radius 1 is 1.67 bits per heavy atom. The van der Waals surface area contributed by atoms with Crippen LogP contribution in [0.5, 0.6) is 5.75 Å². The summed E-state index contributed by atoms with van der Waals surface area (Å²) >= 11 is 5.94. The molecule has 0 fully saturated rings. The van der Waals surface area contributed by atoms with Gasteiger partial charge >= 0.3 is 5.97 Å². The molecule has 0 saturated carbocycles. The van der Waals surface area contributed by atoms with E-state index in [2.05, 4.69) is 0 Å². The normalized spacial score (nSPS) is 23.3. The van der Waals surface area contributed by atoms with Crippen LogP contribution in [-0.2, 0) is 10.2 Å². The van der Waals surface area contributed by atoms with E-state index in [0.29, 0.717) is 22.8 Å². The van der Waals surface area contributed by atoms with Crippen LogP contribution in [0.25, 0.3) is 0 Å². The van der Waals surface area contributed by atoms with Crippen molar-refractivity contribution in [2.45, 2.75) is 18.8 Å². The zero-order valence-corrected chi connectivity index (χ0v) is 9.04. The molecule has 0 bridgehead atoms. The van der Waals surface area contributed by atoms with Gasteiger partial charge in [-0.05, 0) is 12.5 Å². The first-order valence-corrected chi connectivity index (χ1v) is 5.15. The lowest BCUT2D eigenvalue weighted by Gasteiger charge is -2.20. The molecule has 1 heterocycles. The Hall–Kier alpha value is -1.22.